The number of furan rings is 1. The van der Waals surface area contributed by atoms with E-state index in [1.807, 2.05) is 6.07 Å². The van der Waals surface area contributed by atoms with E-state index in [0.29, 0.717) is 23.9 Å². The molecular formula is C13H12N4O3. The first-order valence-corrected chi connectivity index (χ1v) is 6.00. The first-order chi connectivity index (χ1) is 9.65. The number of nitrogens with one attached hydrogen (secondary N) is 1. The lowest BCUT2D eigenvalue weighted by atomic mass is 10.2. The Hall–Kier alpha value is -2.83. The number of rotatable bonds is 4. The summed E-state index contributed by atoms with van der Waals surface area (Å²) in [6.45, 7) is 1.98. The highest BCUT2D eigenvalue weighted by molar-refractivity contribution is 5.88. The summed E-state index contributed by atoms with van der Waals surface area (Å²) in [7, 11) is 0. The van der Waals surface area contributed by atoms with Gasteiger partial charge in [-0.25, -0.2) is 14.3 Å². The van der Waals surface area contributed by atoms with Crippen molar-refractivity contribution >= 4 is 17.3 Å². The van der Waals surface area contributed by atoms with Crippen LogP contribution in [0.2, 0.25) is 0 Å². The smallest absolute Gasteiger partial charge is 0.339 e. The quantitative estimate of drug-likeness (QED) is 0.754. The number of fused-ring (bicyclic) bond motifs is 1. The molecule has 7 heteroatoms. The standard InChI is InChI=1S/C13H12N4O3/c1-8-10(13(18)19)6-9(20-8)7-15-12-11-2-3-16-17(11)5-4-14-12/h2-6H,7H2,1H3,(H,14,15)(H,18,19). The summed E-state index contributed by atoms with van der Waals surface area (Å²) in [6.07, 6.45) is 5.07. The van der Waals surface area contributed by atoms with Gasteiger partial charge in [0.25, 0.3) is 0 Å². The van der Waals surface area contributed by atoms with E-state index in [4.69, 9.17) is 9.52 Å². The van der Waals surface area contributed by atoms with Crippen LogP contribution in [-0.4, -0.2) is 25.7 Å². The summed E-state index contributed by atoms with van der Waals surface area (Å²) in [6, 6.07) is 3.35. The van der Waals surface area contributed by atoms with Crippen molar-refractivity contribution in [3.63, 3.8) is 0 Å². The van der Waals surface area contributed by atoms with Crippen LogP contribution in [0.5, 0.6) is 0 Å². The van der Waals surface area contributed by atoms with Crippen LogP contribution in [0.4, 0.5) is 5.82 Å². The van der Waals surface area contributed by atoms with Gasteiger partial charge in [0.15, 0.2) is 5.82 Å². The van der Waals surface area contributed by atoms with Crippen LogP contribution < -0.4 is 5.32 Å². The number of aromatic carboxylic acids is 1. The van der Waals surface area contributed by atoms with Crippen molar-refractivity contribution in [1.29, 1.82) is 0 Å². The zero-order valence-electron chi connectivity index (χ0n) is 10.7. The minimum atomic E-state index is -0.992. The van der Waals surface area contributed by atoms with E-state index in [1.165, 1.54) is 6.07 Å². The molecule has 0 radical (unpaired) electrons. The Labute approximate surface area is 113 Å². The van der Waals surface area contributed by atoms with E-state index in [2.05, 4.69) is 15.4 Å². The molecule has 0 aliphatic heterocycles. The Morgan fingerprint density at radius 1 is 1.50 bits per heavy atom. The molecule has 3 aromatic rings. The molecule has 0 unspecified atom stereocenters. The topological polar surface area (TPSA) is 92.7 Å². The van der Waals surface area contributed by atoms with Crippen LogP contribution in [0.15, 0.2) is 35.1 Å². The molecule has 0 aromatic carbocycles. The third-order valence-corrected chi connectivity index (χ3v) is 2.95. The zero-order chi connectivity index (χ0) is 14.1. The molecule has 0 fully saturated rings. The second kappa shape index (κ2) is 4.69. The Balaban J connectivity index is 1.81. The molecule has 3 heterocycles. The first kappa shape index (κ1) is 12.2. The first-order valence-electron chi connectivity index (χ1n) is 6.00. The fourth-order valence-electron chi connectivity index (χ4n) is 2.01. The predicted molar refractivity (Wildman–Crippen MR) is 70.7 cm³/mol. The maximum atomic E-state index is 10.9. The Kier molecular flexibility index (Phi) is 2.86. The van der Waals surface area contributed by atoms with Gasteiger partial charge >= 0.3 is 5.97 Å². The normalized spacial score (nSPS) is 10.8. The monoisotopic (exact) mass is 272 g/mol. The van der Waals surface area contributed by atoms with Crippen molar-refractivity contribution in [1.82, 2.24) is 14.6 Å². The lowest BCUT2D eigenvalue weighted by molar-refractivity contribution is 0.0695. The maximum absolute atomic E-state index is 10.9. The lowest BCUT2D eigenvalue weighted by Gasteiger charge is -2.04. The Morgan fingerprint density at radius 2 is 2.35 bits per heavy atom. The molecule has 0 aliphatic rings. The summed E-state index contributed by atoms with van der Waals surface area (Å²) < 4.78 is 7.10. The molecule has 0 bridgehead atoms. The number of aromatic nitrogens is 3. The molecule has 0 amide bonds. The van der Waals surface area contributed by atoms with Crippen LogP contribution in [0.25, 0.3) is 5.52 Å². The minimum Gasteiger partial charge on any atom is -0.478 e. The average Bonchev–Trinajstić information content (AvgIpc) is 3.02. The highest BCUT2D eigenvalue weighted by Crippen LogP contribution is 2.17. The second-order valence-electron chi connectivity index (χ2n) is 4.28. The van der Waals surface area contributed by atoms with Gasteiger partial charge in [-0.15, -0.1) is 0 Å². The van der Waals surface area contributed by atoms with Crippen molar-refractivity contribution in [2.75, 3.05) is 5.32 Å². The Bertz CT molecular complexity index is 775. The third-order valence-electron chi connectivity index (χ3n) is 2.95. The van der Waals surface area contributed by atoms with Gasteiger partial charge in [0.1, 0.15) is 22.6 Å². The predicted octanol–water partition coefficient (Wildman–Crippen LogP) is 1.94. The number of aryl methyl sites for hydroxylation is 1. The number of carboxylic acids is 1. The largest absolute Gasteiger partial charge is 0.478 e. The summed E-state index contributed by atoms with van der Waals surface area (Å²) in [4.78, 5) is 15.2. The average molecular weight is 272 g/mol. The Morgan fingerprint density at radius 3 is 3.10 bits per heavy atom. The van der Waals surface area contributed by atoms with Gasteiger partial charge < -0.3 is 14.8 Å². The van der Waals surface area contributed by atoms with Crippen LogP contribution in [-0.2, 0) is 6.54 Å². The van der Waals surface area contributed by atoms with E-state index < -0.39 is 5.97 Å². The number of nitrogens with zero attached hydrogens (tertiary/aromatic N) is 3. The highest BCUT2D eigenvalue weighted by Gasteiger charge is 2.13. The molecule has 0 saturated heterocycles. The number of hydrogen-bond donors (Lipinski definition) is 2. The van der Waals surface area contributed by atoms with Gasteiger partial charge in [0.05, 0.1) is 12.7 Å². The fraction of sp³-hybridized carbons (Fsp3) is 0.154. The van der Waals surface area contributed by atoms with Crippen molar-refractivity contribution in [2.45, 2.75) is 13.5 Å². The van der Waals surface area contributed by atoms with E-state index in [1.54, 1.807) is 30.0 Å². The van der Waals surface area contributed by atoms with Crippen molar-refractivity contribution in [2.24, 2.45) is 0 Å². The van der Waals surface area contributed by atoms with Gasteiger partial charge in [-0.2, -0.15) is 5.10 Å². The van der Waals surface area contributed by atoms with Crippen LogP contribution in [0, 0.1) is 6.92 Å². The van der Waals surface area contributed by atoms with Crippen molar-refractivity contribution in [3.8, 4) is 0 Å². The summed E-state index contributed by atoms with van der Waals surface area (Å²) in [5.41, 5.74) is 1.02. The van der Waals surface area contributed by atoms with E-state index in [0.717, 1.165) is 5.52 Å². The van der Waals surface area contributed by atoms with Gasteiger partial charge in [-0.3, -0.25) is 0 Å². The van der Waals surface area contributed by atoms with Crippen molar-refractivity contribution < 1.29 is 14.3 Å². The number of carbonyl (C=O) groups is 1. The molecule has 20 heavy (non-hydrogen) atoms. The third kappa shape index (κ3) is 2.09. The van der Waals surface area contributed by atoms with E-state index >= 15 is 0 Å². The maximum Gasteiger partial charge on any atom is 0.339 e. The van der Waals surface area contributed by atoms with Crippen LogP contribution in [0.3, 0.4) is 0 Å². The highest BCUT2D eigenvalue weighted by atomic mass is 16.4. The fourth-order valence-corrected chi connectivity index (χ4v) is 2.01. The van der Waals surface area contributed by atoms with Gasteiger partial charge in [-0.05, 0) is 19.1 Å². The van der Waals surface area contributed by atoms with E-state index in [9.17, 15) is 4.79 Å². The van der Waals surface area contributed by atoms with Crippen LogP contribution in [0.1, 0.15) is 21.9 Å². The molecule has 3 aromatic heterocycles. The van der Waals surface area contributed by atoms with E-state index in [-0.39, 0.29) is 5.56 Å². The van der Waals surface area contributed by atoms with Gasteiger partial charge in [-0.1, -0.05) is 0 Å². The summed E-state index contributed by atoms with van der Waals surface area (Å²) in [5, 5.41) is 16.2. The molecule has 0 spiro atoms. The number of carboxylic acid groups (broad SMARTS) is 1. The molecule has 0 aliphatic carbocycles. The minimum absolute atomic E-state index is 0.178. The molecule has 2 N–H and O–H groups in total. The molecule has 3 rings (SSSR count). The molecule has 7 nitrogen and oxygen atoms in total. The van der Waals surface area contributed by atoms with Gasteiger partial charge in [0.2, 0.25) is 0 Å². The zero-order valence-corrected chi connectivity index (χ0v) is 10.7. The molecule has 0 atom stereocenters. The summed E-state index contributed by atoms with van der Waals surface area (Å²) in [5.74, 6) is 0.609. The molecule has 102 valence electrons. The SMILES string of the molecule is Cc1oc(CNc2nccn3nccc23)cc1C(=O)O. The number of hydrogen-bond acceptors (Lipinski definition) is 5. The number of anilines is 1. The lowest BCUT2D eigenvalue weighted by Crippen LogP contribution is -2.02. The van der Waals surface area contributed by atoms with Crippen molar-refractivity contribution in [3.05, 3.63) is 47.8 Å². The molecular weight excluding hydrogens is 260 g/mol. The van der Waals surface area contributed by atoms with Gasteiger partial charge in [0, 0.05) is 12.4 Å². The molecule has 0 saturated carbocycles. The second-order valence-corrected chi connectivity index (χ2v) is 4.28. The van der Waals surface area contributed by atoms with Crippen LogP contribution >= 0.6 is 0 Å². The summed E-state index contributed by atoms with van der Waals surface area (Å²) >= 11 is 0.